The zero-order valence-electron chi connectivity index (χ0n) is 13.0. The lowest BCUT2D eigenvalue weighted by molar-refractivity contribution is 0.0661. The fraction of sp³-hybridized carbons (Fsp3) is 1.00. The normalized spacial score (nSPS) is 70.1. The molecule has 0 aromatic heterocycles. The first-order chi connectivity index (χ1) is 8.28. The number of rotatable bonds is 0. The Hall–Kier alpha value is 0.130. The van der Waals surface area contributed by atoms with E-state index >= 15 is 0 Å². The smallest absolute Gasteiger partial charge is 0.0812 e. The largest absolute Gasteiger partial charge is 0.0995 e. The van der Waals surface area contributed by atoms with Gasteiger partial charge in [-0.2, -0.15) is 0 Å². The molecule has 0 nitrogen and oxygen atoms in total. The maximum atomic E-state index is 8.59. The van der Waals surface area contributed by atoms with E-state index in [1.54, 1.807) is 0 Å². The monoisotopic (exact) mass is 216 g/mol. The SMILES string of the molecule is [2H]C1([2H])C2CC(C3C4CC(C(C)C4C)C32)C1(B)B. The van der Waals surface area contributed by atoms with Crippen LogP contribution in [0.25, 0.3) is 0 Å². The summed E-state index contributed by atoms with van der Waals surface area (Å²) in [6.07, 6.45) is 1.67. The molecule has 0 N–H and O–H groups in total. The lowest BCUT2D eigenvalue weighted by atomic mass is 9.43. The molecule has 2 heteroatoms. The van der Waals surface area contributed by atoms with E-state index in [-0.39, 0.29) is 5.21 Å². The third-order valence-electron chi connectivity index (χ3n) is 7.08. The summed E-state index contributed by atoms with van der Waals surface area (Å²) in [6, 6.07) is 0. The Morgan fingerprint density at radius 1 is 1.06 bits per heavy atom. The van der Waals surface area contributed by atoms with Gasteiger partial charge in [0.2, 0.25) is 0 Å². The predicted octanol–water partition coefficient (Wildman–Crippen LogP) is 1.56. The summed E-state index contributed by atoms with van der Waals surface area (Å²) < 4.78 is 17.2. The van der Waals surface area contributed by atoms with Crippen molar-refractivity contribution < 1.29 is 2.74 Å². The van der Waals surface area contributed by atoms with Crippen molar-refractivity contribution in [1.82, 2.24) is 0 Å². The maximum Gasteiger partial charge on any atom is 0.0995 e. The van der Waals surface area contributed by atoms with Gasteiger partial charge in [0.1, 0.15) is 0 Å². The van der Waals surface area contributed by atoms with Crippen LogP contribution in [-0.2, 0) is 0 Å². The molecule has 4 saturated carbocycles. The van der Waals surface area contributed by atoms with Gasteiger partial charge in [-0.25, -0.2) is 0 Å². The molecule has 0 saturated heterocycles. The van der Waals surface area contributed by atoms with Crippen molar-refractivity contribution >= 4 is 15.7 Å². The fourth-order valence-electron chi connectivity index (χ4n) is 6.35. The second kappa shape index (κ2) is 2.75. The summed E-state index contributed by atoms with van der Waals surface area (Å²) in [5, 5.41) is -0.0910. The zero-order chi connectivity index (χ0) is 13.0. The molecule has 16 heavy (non-hydrogen) atoms. The lowest BCUT2D eigenvalue weighted by Gasteiger charge is -2.46. The molecule has 0 aromatic rings. The van der Waals surface area contributed by atoms with Gasteiger partial charge < -0.3 is 0 Å². The summed E-state index contributed by atoms with van der Waals surface area (Å²) in [6.45, 7) is 4.89. The summed E-state index contributed by atoms with van der Waals surface area (Å²) in [5.74, 6) is 6.11. The molecular formula is C14H24B2. The average molecular weight is 216 g/mol. The third kappa shape index (κ3) is 0.932. The van der Waals surface area contributed by atoms with E-state index in [2.05, 4.69) is 29.5 Å². The van der Waals surface area contributed by atoms with Crippen LogP contribution in [0, 0.1) is 47.3 Å². The quantitative estimate of drug-likeness (QED) is 0.425. The Labute approximate surface area is 105 Å². The third-order valence-corrected chi connectivity index (χ3v) is 7.08. The van der Waals surface area contributed by atoms with E-state index < -0.39 is 6.37 Å². The number of hydrogen-bond donors (Lipinski definition) is 0. The van der Waals surface area contributed by atoms with E-state index in [9.17, 15) is 0 Å². The highest BCUT2D eigenvalue weighted by molar-refractivity contribution is 6.40. The maximum absolute atomic E-state index is 8.59. The molecule has 4 rings (SSSR count). The topological polar surface area (TPSA) is 0 Å². The van der Waals surface area contributed by atoms with Gasteiger partial charge in [-0.3, -0.25) is 0 Å². The molecule has 4 fully saturated rings. The van der Waals surface area contributed by atoms with Crippen LogP contribution in [0.4, 0.5) is 0 Å². The van der Waals surface area contributed by atoms with E-state index in [0.29, 0.717) is 11.8 Å². The van der Waals surface area contributed by atoms with Crippen LogP contribution in [0.1, 0.15) is 35.8 Å². The molecule has 0 amide bonds. The molecule has 4 bridgehead atoms. The highest BCUT2D eigenvalue weighted by Crippen LogP contribution is 2.74. The van der Waals surface area contributed by atoms with Gasteiger partial charge in [0.15, 0.2) is 0 Å². The standard InChI is InChI=1S/C14H24B2/c1-6-7(2)10-4-9(6)12-8-3-11(13(10)12)14(15,16)5-8/h6-13H,3-5,15-16H2,1-2H3/i5D2. The Morgan fingerprint density at radius 3 is 2.38 bits per heavy atom. The minimum Gasteiger partial charge on any atom is -0.0812 e. The van der Waals surface area contributed by atoms with Crippen LogP contribution in [-0.4, -0.2) is 15.7 Å². The van der Waals surface area contributed by atoms with Crippen molar-refractivity contribution in [3.05, 3.63) is 0 Å². The highest BCUT2D eigenvalue weighted by atomic mass is 14.7. The van der Waals surface area contributed by atoms with Crippen molar-refractivity contribution in [2.75, 3.05) is 0 Å². The molecule has 4 aliphatic carbocycles. The molecule has 0 aliphatic heterocycles. The number of hydrogen-bond acceptors (Lipinski definition) is 0. The summed E-state index contributed by atoms with van der Waals surface area (Å²) >= 11 is 0. The van der Waals surface area contributed by atoms with E-state index in [0.717, 1.165) is 35.5 Å². The lowest BCUT2D eigenvalue weighted by Crippen LogP contribution is -2.41. The summed E-state index contributed by atoms with van der Waals surface area (Å²) in [4.78, 5) is 0. The Kier molecular flexibility index (Phi) is 1.42. The molecule has 8 unspecified atom stereocenters. The van der Waals surface area contributed by atoms with Crippen molar-refractivity contribution in [1.29, 1.82) is 0 Å². The molecular weight excluding hydrogens is 190 g/mol. The van der Waals surface area contributed by atoms with Gasteiger partial charge in [-0.05, 0) is 60.2 Å². The van der Waals surface area contributed by atoms with Gasteiger partial charge in [-0.15, -0.1) is 0 Å². The Balaban J connectivity index is 1.78. The molecule has 0 radical (unpaired) electrons. The molecule has 0 aromatic carbocycles. The van der Waals surface area contributed by atoms with Crippen LogP contribution >= 0.6 is 0 Å². The fourth-order valence-corrected chi connectivity index (χ4v) is 6.35. The summed E-state index contributed by atoms with van der Waals surface area (Å²) in [5.41, 5.74) is 0. The van der Waals surface area contributed by atoms with Crippen LogP contribution in [0.2, 0.25) is 5.21 Å². The highest BCUT2D eigenvalue weighted by Gasteiger charge is 2.66. The minimum atomic E-state index is -0.924. The van der Waals surface area contributed by atoms with Crippen LogP contribution < -0.4 is 0 Å². The Bertz CT molecular complexity index is 373. The van der Waals surface area contributed by atoms with Crippen LogP contribution in [0.3, 0.4) is 0 Å². The second-order valence-electron chi connectivity index (χ2n) is 7.75. The number of fused-ring (bicyclic) bond motifs is 9. The molecule has 0 heterocycles. The molecule has 86 valence electrons. The average Bonchev–Trinajstić information content (AvgIpc) is 2.91. The van der Waals surface area contributed by atoms with Gasteiger partial charge >= 0.3 is 0 Å². The predicted molar refractivity (Wildman–Crippen MR) is 72.9 cm³/mol. The van der Waals surface area contributed by atoms with E-state index in [4.69, 9.17) is 2.74 Å². The first kappa shape index (κ1) is 8.27. The first-order valence-corrected chi connectivity index (χ1v) is 7.28. The van der Waals surface area contributed by atoms with Crippen molar-refractivity contribution in [3.8, 4) is 0 Å². The van der Waals surface area contributed by atoms with Gasteiger partial charge in [0.25, 0.3) is 0 Å². The van der Waals surface area contributed by atoms with Crippen molar-refractivity contribution in [2.24, 2.45) is 47.3 Å². The minimum absolute atomic E-state index is 0.0910. The van der Waals surface area contributed by atoms with E-state index in [1.165, 1.54) is 12.8 Å². The zero-order valence-corrected chi connectivity index (χ0v) is 11.0. The van der Waals surface area contributed by atoms with Crippen LogP contribution in [0.5, 0.6) is 0 Å². The van der Waals surface area contributed by atoms with Gasteiger partial charge in [0.05, 0.1) is 15.7 Å². The Morgan fingerprint density at radius 2 is 1.69 bits per heavy atom. The molecule has 4 aliphatic rings. The second-order valence-corrected chi connectivity index (χ2v) is 7.75. The van der Waals surface area contributed by atoms with Crippen LogP contribution in [0.15, 0.2) is 0 Å². The van der Waals surface area contributed by atoms with E-state index in [1.807, 2.05) is 0 Å². The van der Waals surface area contributed by atoms with Crippen molar-refractivity contribution in [2.45, 2.75) is 38.3 Å². The molecule has 8 atom stereocenters. The first-order valence-electron chi connectivity index (χ1n) is 8.28. The van der Waals surface area contributed by atoms with Gasteiger partial charge in [0, 0.05) is 2.74 Å². The molecule has 0 spiro atoms. The van der Waals surface area contributed by atoms with Gasteiger partial charge in [-0.1, -0.05) is 25.4 Å². The summed E-state index contributed by atoms with van der Waals surface area (Å²) in [7, 11) is 4.40. The van der Waals surface area contributed by atoms with Crippen molar-refractivity contribution in [3.63, 3.8) is 0 Å².